The average Bonchev–Trinajstić information content (AvgIpc) is 2.75. The fourth-order valence-corrected chi connectivity index (χ4v) is 2.67. The van der Waals surface area contributed by atoms with Crippen LogP contribution in [0.15, 0.2) is 6.33 Å². The lowest BCUT2D eigenvalue weighted by molar-refractivity contribution is -0.188. The van der Waals surface area contributed by atoms with Gasteiger partial charge in [0.05, 0.1) is 5.92 Å². The van der Waals surface area contributed by atoms with E-state index in [0.29, 0.717) is 25.8 Å². The number of hydrogen-bond acceptors (Lipinski definition) is 3. The van der Waals surface area contributed by atoms with Gasteiger partial charge < -0.3 is 9.88 Å². The number of alkyl halides is 3. The Balaban J connectivity index is 1.85. The lowest BCUT2D eigenvalue weighted by atomic mass is 9.84. The summed E-state index contributed by atoms with van der Waals surface area (Å²) in [5.74, 6) is -0.424. The molecule has 1 fully saturated rings. The summed E-state index contributed by atoms with van der Waals surface area (Å²) in [5, 5.41) is 10.7. The zero-order chi connectivity index (χ0) is 13.9. The van der Waals surface area contributed by atoms with Gasteiger partial charge in [0, 0.05) is 26.1 Å². The highest BCUT2D eigenvalue weighted by atomic mass is 19.4. The molecule has 19 heavy (non-hydrogen) atoms. The third kappa shape index (κ3) is 3.68. The first kappa shape index (κ1) is 14.3. The summed E-state index contributed by atoms with van der Waals surface area (Å²) in [5.41, 5.74) is 0. The van der Waals surface area contributed by atoms with E-state index >= 15 is 0 Å². The summed E-state index contributed by atoms with van der Waals surface area (Å²) in [6.45, 7) is 0.504. The molecule has 1 aromatic heterocycles. The maximum absolute atomic E-state index is 12.9. The van der Waals surface area contributed by atoms with Crippen LogP contribution in [-0.4, -0.2) is 33.5 Å². The molecule has 1 saturated carbocycles. The fraction of sp³-hybridized carbons (Fsp3) is 0.833. The first-order chi connectivity index (χ1) is 8.98. The fourth-order valence-electron chi connectivity index (χ4n) is 2.67. The zero-order valence-electron chi connectivity index (χ0n) is 11.0. The molecule has 0 amide bonds. The molecule has 0 spiro atoms. The smallest absolute Gasteiger partial charge is 0.321 e. The van der Waals surface area contributed by atoms with Gasteiger partial charge in [-0.1, -0.05) is 12.8 Å². The zero-order valence-corrected chi connectivity index (χ0v) is 11.0. The topological polar surface area (TPSA) is 42.7 Å². The Labute approximate surface area is 110 Å². The molecule has 0 bridgehead atoms. The highest BCUT2D eigenvalue weighted by Gasteiger charge is 2.45. The van der Waals surface area contributed by atoms with Crippen LogP contribution in [0.3, 0.4) is 0 Å². The Morgan fingerprint density at radius 1 is 1.37 bits per heavy atom. The molecule has 0 aliphatic heterocycles. The average molecular weight is 276 g/mol. The molecule has 2 rings (SSSR count). The SMILES string of the molecule is Cn1cnnc1CCNC1CCCCC1C(F)(F)F. The van der Waals surface area contributed by atoms with Crippen LogP contribution in [0.25, 0.3) is 0 Å². The molecule has 1 N–H and O–H groups in total. The summed E-state index contributed by atoms with van der Waals surface area (Å²) < 4.78 is 40.5. The molecule has 1 aliphatic rings. The van der Waals surface area contributed by atoms with E-state index in [1.807, 2.05) is 7.05 Å². The van der Waals surface area contributed by atoms with E-state index in [9.17, 15) is 13.2 Å². The monoisotopic (exact) mass is 276 g/mol. The van der Waals surface area contributed by atoms with Crippen LogP contribution in [0.5, 0.6) is 0 Å². The molecule has 0 aromatic carbocycles. The lowest BCUT2D eigenvalue weighted by Crippen LogP contribution is -2.46. The van der Waals surface area contributed by atoms with Crippen LogP contribution in [0.1, 0.15) is 31.5 Å². The van der Waals surface area contributed by atoms with Gasteiger partial charge in [-0.25, -0.2) is 0 Å². The number of nitrogens with zero attached hydrogens (tertiary/aromatic N) is 3. The third-order valence-corrected chi connectivity index (χ3v) is 3.75. The Kier molecular flexibility index (Phi) is 4.44. The summed E-state index contributed by atoms with van der Waals surface area (Å²) in [6.07, 6.45) is 0.475. The molecular weight excluding hydrogens is 257 g/mol. The minimum atomic E-state index is -4.09. The minimum absolute atomic E-state index is 0.241. The number of halogens is 3. The predicted molar refractivity (Wildman–Crippen MR) is 64.5 cm³/mol. The molecule has 4 nitrogen and oxygen atoms in total. The Hall–Kier alpha value is -1.11. The third-order valence-electron chi connectivity index (χ3n) is 3.75. The van der Waals surface area contributed by atoms with E-state index in [4.69, 9.17) is 0 Å². The predicted octanol–water partition coefficient (Wildman–Crippen LogP) is 2.07. The van der Waals surface area contributed by atoms with Gasteiger partial charge in [0.15, 0.2) is 0 Å². The van der Waals surface area contributed by atoms with Crippen LogP contribution in [-0.2, 0) is 13.5 Å². The maximum atomic E-state index is 12.9. The Morgan fingerprint density at radius 2 is 2.11 bits per heavy atom. The number of aryl methyl sites for hydroxylation is 1. The van der Waals surface area contributed by atoms with Crippen molar-refractivity contribution < 1.29 is 13.2 Å². The highest BCUT2D eigenvalue weighted by Crippen LogP contribution is 2.37. The van der Waals surface area contributed by atoms with Crippen molar-refractivity contribution >= 4 is 0 Å². The van der Waals surface area contributed by atoms with E-state index < -0.39 is 18.1 Å². The van der Waals surface area contributed by atoms with Crippen molar-refractivity contribution in [3.63, 3.8) is 0 Å². The summed E-state index contributed by atoms with van der Waals surface area (Å²) in [4.78, 5) is 0. The second-order valence-electron chi connectivity index (χ2n) is 5.10. The van der Waals surface area contributed by atoms with Crippen molar-refractivity contribution in [2.24, 2.45) is 13.0 Å². The van der Waals surface area contributed by atoms with Crippen LogP contribution in [0.2, 0.25) is 0 Å². The van der Waals surface area contributed by atoms with Crippen molar-refractivity contribution in [2.45, 2.75) is 44.3 Å². The molecule has 1 aliphatic carbocycles. The number of hydrogen-bond donors (Lipinski definition) is 1. The largest absolute Gasteiger partial charge is 0.393 e. The van der Waals surface area contributed by atoms with Gasteiger partial charge in [-0.2, -0.15) is 13.2 Å². The normalized spacial score (nSPS) is 24.6. The quantitative estimate of drug-likeness (QED) is 0.915. The van der Waals surface area contributed by atoms with Crippen LogP contribution in [0, 0.1) is 5.92 Å². The lowest BCUT2D eigenvalue weighted by Gasteiger charge is -2.33. The van der Waals surface area contributed by atoms with Crippen molar-refractivity contribution in [1.29, 1.82) is 0 Å². The molecule has 2 unspecified atom stereocenters. The van der Waals surface area contributed by atoms with Gasteiger partial charge in [0.1, 0.15) is 12.2 Å². The van der Waals surface area contributed by atoms with Gasteiger partial charge in [-0.3, -0.25) is 0 Å². The molecule has 108 valence electrons. The first-order valence-corrected chi connectivity index (χ1v) is 6.61. The van der Waals surface area contributed by atoms with Crippen LogP contribution < -0.4 is 5.32 Å². The Bertz CT molecular complexity index is 402. The summed E-state index contributed by atoms with van der Waals surface area (Å²) in [7, 11) is 1.83. The van der Waals surface area contributed by atoms with E-state index in [2.05, 4.69) is 15.5 Å². The van der Waals surface area contributed by atoms with E-state index in [1.165, 1.54) is 0 Å². The summed E-state index contributed by atoms with van der Waals surface area (Å²) >= 11 is 0. The van der Waals surface area contributed by atoms with Gasteiger partial charge >= 0.3 is 6.18 Å². The second kappa shape index (κ2) is 5.90. The van der Waals surface area contributed by atoms with Gasteiger partial charge in [-0.15, -0.1) is 10.2 Å². The summed E-state index contributed by atoms with van der Waals surface area (Å²) in [6, 6.07) is -0.457. The van der Waals surface area contributed by atoms with Crippen molar-refractivity contribution in [1.82, 2.24) is 20.1 Å². The van der Waals surface area contributed by atoms with Crippen LogP contribution >= 0.6 is 0 Å². The number of nitrogens with one attached hydrogen (secondary N) is 1. The number of aromatic nitrogens is 3. The maximum Gasteiger partial charge on any atom is 0.393 e. The molecule has 1 aromatic rings. The first-order valence-electron chi connectivity index (χ1n) is 6.61. The van der Waals surface area contributed by atoms with Gasteiger partial charge in [0.25, 0.3) is 0 Å². The van der Waals surface area contributed by atoms with Crippen molar-refractivity contribution in [2.75, 3.05) is 6.54 Å². The van der Waals surface area contributed by atoms with E-state index in [-0.39, 0.29) is 6.42 Å². The minimum Gasteiger partial charge on any atom is -0.321 e. The van der Waals surface area contributed by atoms with E-state index in [1.54, 1.807) is 10.9 Å². The molecule has 0 radical (unpaired) electrons. The van der Waals surface area contributed by atoms with Crippen molar-refractivity contribution in [3.8, 4) is 0 Å². The second-order valence-corrected chi connectivity index (χ2v) is 5.10. The standard InChI is InChI=1S/C12H19F3N4/c1-19-8-17-18-11(19)6-7-16-10-5-3-2-4-9(10)12(13,14)15/h8-10,16H,2-7H2,1H3. The Morgan fingerprint density at radius 3 is 2.74 bits per heavy atom. The van der Waals surface area contributed by atoms with Crippen molar-refractivity contribution in [3.05, 3.63) is 12.2 Å². The molecule has 7 heteroatoms. The number of rotatable bonds is 4. The molecule has 0 saturated heterocycles. The van der Waals surface area contributed by atoms with Gasteiger partial charge in [-0.05, 0) is 12.8 Å². The van der Waals surface area contributed by atoms with Crippen LogP contribution in [0.4, 0.5) is 13.2 Å². The highest BCUT2D eigenvalue weighted by molar-refractivity contribution is 4.89. The molecule has 2 atom stereocenters. The molecule has 1 heterocycles. The molecular formula is C12H19F3N4. The van der Waals surface area contributed by atoms with E-state index in [0.717, 1.165) is 12.2 Å². The van der Waals surface area contributed by atoms with Gasteiger partial charge in [0.2, 0.25) is 0 Å².